The summed E-state index contributed by atoms with van der Waals surface area (Å²) in [4.78, 5) is 16.9. The van der Waals surface area contributed by atoms with Gasteiger partial charge in [0.05, 0.1) is 22.7 Å². The Kier molecular flexibility index (Phi) is 10.1. The fraction of sp³-hybridized carbons (Fsp3) is 0.400. The lowest BCUT2D eigenvalue weighted by atomic mass is 9.77. The van der Waals surface area contributed by atoms with Gasteiger partial charge in [-0.05, 0) is 40.8 Å². The molecule has 0 spiro atoms. The number of aromatic nitrogens is 1. The molecular formula is C30H34Cl2N2O6S. The fourth-order valence-corrected chi connectivity index (χ4v) is 5.31. The molecular weight excluding hydrogens is 587 g/mol. The number of oxazole rings is 1. The first-order chi connectivity index (χ1) is 19.1. The van der Waals surface area contributed by atoms with Crippen LogP contribution >= 0.6 is 23.2 Å². The average molecular weight is 622 g/mol. The van der Waals surface area contributed by atoms with Crippen LogP contribution in [0.4, 0.5) is 5.82 Å². The van der Waals surface area contributed by atoms with Gasteiger partial charge in [-0.2, -0.15) is 9.29 Å². The Bertz CT molecular complexity index is 1530. The second-order valence-corrected chi connectivity index (χ2v) is 13.8. The number of alkyl halides is 1. The number of terminal acetylenes is 1. The summed E-state index contributed by atoms with van der Waals surface area (Å²) in [5.41, 5.74) is 1.58. The second-order valence-electron chi connectivity index (χ2n) is 11.2. The monoisotopic (exact) mass is 620 g/mol. The van der Waals surface area contributed by atoms with Crippen molar-refractivity contribution in [1.82, 2.24) is 4.98 Å². The number of carbonyl (C=O) groups excluding carboxylic acids is 1. The van der Waals surface area contributed by atoms with E-state index in [1.807, 2.05) is 45.0 Å². The summed E-state index contributed by atoms with van der Waals surface area (Å²) >= 11 is 12.2. The highest BCUT2D eigenvalue weighted by Gasteiger charge is 2.31. The zero-order chi connectivity index (χ0) is 30.6. The fourth-order valence-electron chi connectivity index (χ4n) is 4.10. The lowest BCUT2D eigenvalue weighted by Crippen LogP contribution is -2.38. The van der Waals surface area contributed by atoms with Gasteiger partial charge in [0.1, 0.15) is 18.6 Å². The summed E-state index contributed by atoms with van der Waals surface area (Å²) in [5, 5.41) is 0.411. The Balaban J connectivity index is 1.75. The van der Waals surface area contributed by atoms with Gasteiger partial charge in [0.25, 0.3) is 0 Å². The Labute approximate surface area is 252 Å². The molecule has 1 amide bonds. The number of ether oxygens (including phenoxy) is 2. The first-order valence-corrected chi connectivity index (χ1v) is 15.5. The average Bonchev–Trinajstić information content (AvgIpc) is 3.32. The Hall–Kier alpha value is -3.19. The summed E-state index contributed by atoms with van der Waals surface area (Å²) in [6.07, 6.45) is 7.82. The molecule has 0 aliphatic carbocycles. The number of anilines is 1. The largest absolute Gasteiger partial charge is 0.489 e. The van der Waals surface area contributed by atoms with Crippen molar-refractivity contribution in [1.29, 1.82) is 0 Å². The van der Waals surface area contributed by atoms with E-state index in [1.54, 1.807) is 12.1 Å². The number of carbonyl (C=O) groups is 1. The van der Waals surface area contributed by atoms with E-state index in [9.17, 15) is 13.2 Å². The van der Waals surface area contributed by atoms with E-state index in [-0.39, 0.29) is 24.7 Å². The molecule has 8 nitrogen and oxygen atoms in total. The van der Waals surface area contributed by atoms with Crippen molar-refractivity contribution in [2.24, 2.45) is 5.41 Å². The van der Waals surface area contributed by atoms with Gasteiger partial charge in [0, 0.05) is 11.8 Å². The topological polar surface area (TPSA) is 98.9 Å². The van der Waals surface area contributed by atoms with Crippen LogP contribution in [0.25, 0.3) is 0 Å². The quantitative estimate of drug-likeness (QED) is 0.177. The Morgan fingerprint density at radius 1 is 1.10 bits per heavy atom. The van der Waals surface area contributed by atoms with Crippen LogP contribution in [0.2, 0.25) is 5.02 Å². The highest BCUT2D eigenvalue weighted by atomic mass is 35.5. The van der Waals surface area contributed by atoms with Gasteiger partial charge in [-0.1, -0.05) is 64.3 Å². The van der Waals surface area contributed by atoms with Crippen molar-refractivity contribution in [2.75, 3.05) is 23.0 Å². The van der Waals surface area contributed by atoms with Crippen molar-refractivity contribution in [3.05, 3.63) is 70.3 Å². The van der Waals surface area contributed by atoms with Gasteiger partial charge in [-0.3, -0.25) is 4.79 Å². The predicted octanol–water partition coefficient (Wildman–Crippen LogP) is 6.56. The molecule has 2 aromatic carbocycles. The van der Waals surface area contributed by atoms with Crippen LogP contribution in [0.15, 0.2) is 47.1 Å². The number of benzene rings is 2. The van der Waals surface area contributed by atoms with Crippen LogP contribution in [0.1, 0.15) is 63.6 Å². The number of amides is 1. The molecule has 3 aromatic rings. The first-order valence-electron chi connectivity index (χ1n) is 12.8. The molecule has 0 bridgehead atoms. The number of nitrogens with zero attached hydrogens (tertiary/aromatic N) is 2. The third-order valence-corrected chi connectivity index (χ3v) is 7.66. The van der Waals surface area contributed by atoms with E-state index in [4.69, 9.17) is 43.5 Å². The van der Waals surface area contributed by atoms with E-state index in [0.717, 1.165) is 23.6 Å². The summed E-state index contributed by atoms with van der Waals surface area (Å²) in [6, 6.07) is 11.2. The lowest BCUT2D eigenvalue weighted by molar-refractivity contribution is -0.119. The minimum Gasteiger partial charge on any atom is -0.489 e. The van der Waals surface area contributed by atoms with E-state index in [2.05, 4.69) is 24.8 Å². The third kappa shape index (κ3) is 8.19. The molecule has 0 saturated carbocycles. The summed E-state index contributed by atoms with van der Waals surface area (Å²) in [6.45, 7) is 9.86. The SMILES string of the molecule is C#Cc1cc(C(C)(C)c2ccc(OCc3nc(N(C(=O)CC(C)(C)C)S(C)(=O)=O)co3)cc2)cc(Cl)c1OCCCl. The van der Waals surface area contributed by atoms with Gasteiger partial charge >= 0.3 is 0 Å². The maximum atomic E-state index is 12.7. The molecule has 0 unspecified atom stereocenters. The maximum absolute atomic E-state index is 12.7. The van der Waals surface area contributed by atoms with Gasteiger partial charge < -0.3 is 13.9 Å². The molecule has 0 aliphatic rings. The van der Waals surface area contributed by atoms with Crippen LogP contribution in [-0.4, -0.2) is 38.1 Å². The van der Waals surface area contributed by atoms with Crippen LogP contribution in [0.5, 0.6) is 11.5 Å². The van der Waals surface area contributed by atoms with Crippen molar-refractivity contribution in [3.63, 3.8) is 0 Å². The smallest absolute Gasteiger partial charge is 0.242 e. The number of sulfonamides is 1. The van der Waals surface area contributed by atoms with E-state index >= 15 is 0 Å². The zero-order valence-electron chi connectivity index (χ0n) is 24.0. The van der Waals surface area contributed by atoms with Gasteiger partial charge in [0.2, 0.25) is 21.8 Å². The highest BCUT2D eigenvalue weighted by molar-refractivity contribution is 7.92. The molecule has 0 atom stereocenters. The van der Waals surface area contributed by atoms with Crippen molar-refractivity contribution < 1.29 is 27.1 Å². The van der Waals surface area contributed by atoms with Gasteiger partial charge in [-0.15, -0.1) is 18.0 Å². The maximum Gasteiger partial charge on any atom is 0.242 e. The molecule has 3 rings (SSSR count). The number of hydrogen-bond donors (Lipinski definition) is 0. The summed E-state index contributed by atoms with van der Waals surface area (Å²) < 4.78 is 42.2. The van der Waals surface area contributed by atoms with Gasteiger partial charge in [0.15, 0.2) is 18.2 Å². The molecule has 220 valence electrons. The first kappa shape index (κ1) is 32.3. The van der Waals surface area contributed by atoms with Crippen molar-refractivity contribution in [3.8, 4) is 23.8 Å². The molecule has 11 heteroatoms. The Morgan fingerprint density at radius 3 is 2.32 bits per heavy atom. The highest BCUT2D eigenvalue weighted by Crippen LogP contribution is 2.38. The predicted molar refractivity (Wildman–Crippen MR) is 161 cm³/mol. The van der Waals surface area contributed by atoms with Crippen LogP contribution in [-0.2, 0) is 26.8 Å². The molecule has 1 heterocycles. The second kappa shape index (κ2) is 12.8. The van der Waals surface area contributed by atoms with Crippen molar-refractivity contribution in [2.45, 2.75) is 53.1 Å². The van der Waals surface area contributed by atoms with Crippen LogP contribution in [0, 0.1) is 17.8 Å². The van der Waals surface area contributed by atoms with E-state index in [1.165, 1.54) is 0 Å². The lowest BCUT2D eigenvalue weighted by Gasteiger charge is -2.27. The van der Waals surface area contributed by atoms with Crippen molar-refractivity contribution >= 4 is 45.0 Å². The van der Waals surface area contributed by atoms with E-state index < -0.39 is 26.8 Å². The molecule has 0 radical (unpaired) electrons. The molecule has 0 N–H and O–H groups in total. The van der Waals surface area contributed by atoms with E-state index in [0.29, 0.717) is 38.9 Å². The number of hydrogen-bond acceptors (Lipinski definition) is 7. The standard InChI is InChI=1S/C30H34Cl2N2O6S/c1-8-20-15-22(16-24(32)28(20)38-14-13-31)30(5,6)21-9-11-23(12-10-21)39-19-26-33-25(18-40-26)34(41(7,36)37)27(35)17-29(2,3)4/h1,9-12,15-16,18H,13-14,17,19H2,2-7H3. The normalized spacial score (nSPS) is 12.1. The minimum absolute atomic E-state index is 0.0175. The van der Waals surface area contributed by atoms with Crippen LogP contribution in [0.3, 0.4) is 0 Å². The van der Waals surface area contributed by atoms with Crippen LogP contribution < -0.4 is 13.8 Å². The minimum atomic E-state index is -3.91. The molecule has 0 aliphatic heterocycles. The summed E-state index contributed by atoms with van der Waals surface area (Å²) in [5.74, 6) is 3.35. The Morgan fingerprint density at radius 2 is 1.76 bits per heavy atom. The zero-order valence-corrected chi connectivity index (χ0v) is 26.3. The molecule has 1 aromatic heterocycles. The molecule has 0 fully saturated rings. The van der Waals surface area contributed by atoms with Gasteiger partial charge in [-0.25, -0.2) is 8.42 Å². The summed E-state index contributed by atoms with van der Waals surface area (Å²) in [7, 11) is -3.91. The number of rotatable bonds is 11. The molecule has 41 heavy (non-hydrogen) atoms. The number of halogens is 2. The molecule has 0 saturated heterocycles. The third-order valence-electron chi connectivity index (χ3n) is 6.17.